The summed E-state index contributed by atoms with van der Waals surface area (Å²) in [7, 11) is 0. The maximum Gasteiger partial charge on any atom is 0.257 e. The summed E-state index contributed by atoms with van der Waals surface area (Å²) in [5, 5.41) is 19.1. The number of aromatic nitrogens is 2. The Kier molecular flexibility index (Phi) is 4.46. The Morgan fingerprint density at radius 3 is 2.89 bits per heavy atom. The van der Waals surface area contributed by atoms with Crippen molar-refractivity contribution in [2.75, 3.05) is 13.2 Å². The topological polar surface area (TPSA) is 62.4 Å². The lowest BCUT2D eigenvalue weighted by molar-refractivity contribution is 0.148. The molecule has 6 heteroatoms. The molecule has 0 amide bonds. The Balaban J connectivity index is 2.06. The zero-order chi connectivity index (χ0) is 13.0. The monoisotopic (exact) mass is 267 g/mol. The van der Waals surface area contributed by atoms with Crippen LogP contribution < -0.4 is 0 Å². The van der Waals surface area contributed by atoms with Crippen molar-refractivity contribution in [2.24, 2.45) is 0 Å². The van der Waals surface area contributed by atoms with Gasteiger partial charge in [-0.1, -0.05) is 6.07 Å². The summed E-state index contributed by atoms with van der Waals surface area (Å²) in [5.74, 6) is 1.15. The molecule has 2 heterocycles. The van der Waals surface area contributed by atoms with E-state index >= 15 is 0 Å². The molecule has 18 heavy (non-hydrogen) atoms. The molecule has 0 saturated heterocycles. The highest BCUT2D eigenvalue weighted by Gasteiger charge is 2.15. The van der Waals surface area contributed by atoms with Crippen LogP contribution >= 0.6 is 11.3 Å². The summed E-state index contributed by atoms with van der Waals surface area (Å²) in [6, 6.07) is 4.24. The van der Waals surface area contributed by atoms with Crippen LogP contribution in [0.4, 0.5) is 0 Å². The zero-order valence-corrected chi connectivity index (χ0v) is 11.4. The highest BCUT2D eigenvalue weighted by molar-refractivity contribution is 7.13. The van der Waals surface area contributed by atoms with Crippen LogP contribution in [0.25, 0.3) is 10.8 Å². The van der Waals surface area contributed by atoms with Crippen LogP contribution in [0, 0.1) is 0 Å². The van der Waals surface area contributed by atoms with Crippen molar-refractivity contribution >= 4 is 11.3 Å². The molecule has 0 unspecified atom stereocenters. The third kappa shape index (κ3) is 3.16. The number of rotatable bonds is 6. The molecule has 0 aliphatic carbocycles. The van der Waals surface area contributed by atoms with Crippen molar-refractivity contribution in [1.29, 1.82) is 0 Å². The Morgan fingerprint density at radius 2 is 2.28 bits per heavy atom. The summed E-state index contributed by atoms with van der Waals surface area (Å²) < 4.78 is 5.62. The fraction of sp³-hybridized carbons (Fsp3) is 0.500. The Bertz CT molecular complexity index is 467. The highest BCUT2D eigenvalue weighted by Crippen LogP contribution is 2.23. The number of nitrogens with zero attached hydrogens (tertiary/aromatic N) is 3. The van der Waals surface area contributed by atoms with Crippen molar-refractivity contribution in [2.45, 2.75) is 26.4 Å². The number of aliphatic hydroxyl groups is 1. The lowest BCUT2D eigenvalue weighted by Crippen LogP contribution is -2.33. The lowest BCUT2D eigenvalue weighted by atomic mass is 10.3. The quantitative estimate of drug-likeness (QED) is 0.867. The Hall–Kier alpha value is -1.24. The molecule has 0 aliphatic heterocycles. The van der Waals surface area contributed by atoms with E-state index in [1.54, 1.807) is 11.3 Å². The first-order valence-electron chi connectivity index (χ1n) is 5.92. The van der Waals surface area contributed by atoms with Crippen LogP contribution in [0.5, 0.6) is 0 Å². The van der Waals surface area contributed by atoms with Crippen LogP contribution in [0.15, 0.2) is 21.9 Å². The SMILES string of the molecule is CC(C)N(CCO)Cc1nnc(-c2cccs2)o1. The molecule has 0 atom stereocenters. The van der Waals surface area contributed by atoms with Crippen LogP contribution in [-0.4, -0.2) is 39.4 Å². The van der Waals surface area contributed by atoms with E-state index in [9.17, 15) is 0 Å². The van der Waals surface area contributed by atoms with Gasteiger partial charge in [-0.05, 0) is 25.3 Å². The molecular weight excluding hydrogens is 250 g/mol. The standard InChI is InChI=1S/C12H17N3O2S/c1-9(2)15(5-6-16)8-11-13-14-12(17-11)10-4-3-7-18-10/h3-4,7,9,16H,5-6,8H2,1-2H3. The van der Waals surface area contributed by atoms with Gasteiger partial charge in [0.1, 0.15) is 0 Å². The Labute approximate surface area is 110 Å². The summed E-state index contributed by atoms with van der Waals surface area (Å²) in [6.45, 7) is 5.45. The van der Waals surface area contributed by atoms with Gasteiger partial charge in [0.05, 0.1) is 18.0 Å². The highest BCUT2D eigenvalue weighted by atomic mass is 32.1. The predicted octanol–water partition coefficient (Wildman–Crippen LogP) is 2.00. The normalized spacial score (nSPS) is 11.6. The second kappa shape index (κ2) is 6.08. The molecule has 0 bridgehead atoms. The third-order valence-electron chi connectivity index (χ3n) is 2.65. The van der Waals surface area contributed by atoms with Gasteiger partial charge in [0, 0.05) is 12.6 Å². The van der Waals surface area contributed by atoms with E-state index < -0.39 is 0 Å². The molecule has 0 aliphatic rings. The van der Waals surface area contributed by atoms with Gasteiger partial charge in [0.25, 0.3) is 5.89 Å². The minimum Gasteiger partial charge on any atom is -0.419 e. The zero-order valence-electron chi connectivity index (χ0n) is 10.5. The largest absolute Gasteiger partial charge is 0.419 e. The van der Waals surface area contributed by atoms with Gasteiger partial charge in [0.2, 0.25) is 5.89 Å². The van der Waals surface area contributed by atoms with Crippen molar-refractivity contribution in [3.63, 3.8) is 0 Å². The molecule has 98 valence electrons. The average molecular weight is 267 g/mol. The van der Waals surface area contributed by atoms with E-state index in [0.717, 1.165) is 4.88 Å². The van der Waals surface area contributed by atoms with Crippen molar-refractivity contribution in [1.82, 2.24) is 15.1 Å². The second-order valence-electron chi connectivity index (χ2n) is 4.27. The number of aliphatic hydroxyl groups excluding tert-OH is 1. The molecule has 0 aromatic carbocycles. The van der Waals surface area contributed by atoms with Crippen LogP contribution in [0.3, 0.4) is 0 Å². The van der Waals surface area contributed by atoms with Crippen LogP contribution in [-0.2, 0) is 6.54 Å². The fourth-order valence-corrected chi connectivity index (χ4v) is 2.28. The first-order chi connectivity index (χ1) is 8.70. The van der Waals surface area contributed by atoms with Crippen LogP contribution in [0.2, 0.25) is 0 Å². The van der Waals surface area contributed by atoms with Crippen molar-refractivity contribution in [3.05, 3.63) is 23.4 Å². The van der Waals surface area contributed by atoms with E-state index in [4.69, 9.17) is 9.52 Å². The van der Waals surface area contributed by atoms with Gasteiger partial charge in [0.15, 0.2) is 0 Å². The van der Waals surface area contributed by atoms with Gasteiger partial charge in [-0.15, -0.1) is 21.5 Å². The van der Waals surface area contributed by atoms with Crippen molar-refractivity contribution in [3.8, 4) is 10.8 Å². The maximum absolute atomic E-state index is 9.01. The molecule has 2 rings (SSSR count). The van der Waals surface area contributed by atoms with Crippen LogP contribution in [0.1, 0.15) is 19.7 Å². The molecule has 0 radical (unpaired) electrons. The fourth-order valence-electron chi connectivity index (χ4n) is 1.64. The maximum atomic E-state index is 9.01. The first kappa shape index (κ1) is 13.2. The first-order valence-corrected chi connectivity index (χ1v) is 6.80. The summed E-state index contributed by atoms with van der Waals surface area (Å²) >= 11 is 1.57. The van der Waals surface area contributed by atoms with E-state index in [1.165, 1.54) is 0 Å². The molecule has 5 nitrogen and oxygen atoms in total. The molecule has 2 aromatic heterocycles. The predicted molar refractivity (Wildman–Crippen MR) is 70.2 cm³/mol. The summed E-state index contributed by atoms with van der Waals surface area (Å²) in [5.41, 5.74) is 0. The number of hydrogen-bond acceptors (Lipinski definition) is 6. The number of hydrogen-bond donors (Lipinski definition) is 1. The van der Waals surface area contributed by atoms with Gasteiger partial charge in [-0.2, -0.15) is 0 Å². The van der Waals surface area contributed by atoms with E-state index in [2.05, 4.69) is 28.9 Å². The average Bonchev–Trinajstić information content (AvgIpc) is 2.98. The number of thiophene rings is 1. The van der Waals surface area contributed by atoms with E-state index in [1.807, 2.05) is 17.5 Å². The van der Waals surface area contributed by atoms with E-state index in [0.29, 0.717) is 30.9 Å². The Morgan fingerprint density at radius 1 is 1.44 bits per heavy atom. The molecule has 0 spiro atoms. The molecule has 0 saturated carbocycles. The van der Waals surface area contributed by atoms with E-state index in [-0.39, 0.29) is 6.61 Å². The minimum absolute atomic E-state index is 0.129. The molecule has 2 aromatic rings. The summed E-state index contributed by atoms with van der Waals surface area (Å²) in [4.78, 5) is 3.07. The van der Waals surface area contributed by atoms with Gasteiger partial charge >= 0.3 is 0 Å². The second-order valence-corrected chi connectivity index (χ2v) is 5.21. The molecular formula is C12H17N3O2S. The lowest BCUT2D eigenvalue weighted by Gasteiger charge is -2.23. The van der Waals surface area contributed by atoms with Gasteiger partial charge < -0.3 is 9.52 Å². The molecule has 0 fully saturated rings. The van der Waals surface area contributed by atoms with Gasteiger partial charge in [-0.3, -0.25) is 4.90 Å². The smallest absolute Gasteiger partial charge is 0.257 e. The molecule has 1 N–H and O–H groups in total. The van der Waals surface area contributed by atoms with Crippen molar-refractivity contribution < 1.29 is 9.52 Å². The summed E-state index contributed by atoms with van der Waals surface area (Å²) in [6.07, 6.45) is 0. The van der Waals surface area contributed by atoms with Gasteiger partial charge in [-0.25, -0.2) is 0 Å². The third-order valence-corrected chi connectivity index (χ3v) is 3.51. The minimum atomic E-state index is 0.129.